The number of benzene rings is 2. The van der Waals surface area contributed by atoms with Gasteiger partial charge in [0.15, 0.2) is 0 Å². The van der Waals surface area contributed by atoms with Crippen molar-refractivity contribution in [3.05, 3.63) is 54.6 Å². The lowest BCUT2D eigenvalue weighted by Crippen LogP contribution is -2.10. The highest BCUT2D eigenvalue weighted by atomic mass is 32.3. The predicted molar refractivity (Wildman–Crippen MR) is 80.5 cm³/mol. The lowest BCUT2D eigenvalue weighted by atomic mass is 10.3. The van der Waals surface area contributed by atoms with E-state index in [4.69, 9.17) is 3.63 Å². The Balaban J connectivity index is 2.58. The van der Waals surface area contributed by atoms with Gasteiger partial charge in [0.1, 0.15) is 5.75 Å². The van der Waals surface area contributed by atoms with Gasteiger partial charge in [-0.05, 0) is 42.7 Å². The first-order valence-electron chi connectivity index (χ1n) is 5.85. The standard InChI is InChI=1S/C14H16O4S2/c1-19(18-20(2,16)17,13-6-4-3-5-7-13)14-10-8-12(15)9-11-14/h3-11,15H,1-2H3. The topological polar surface area (TPSA) is 63.6 Å². The van der Waals surface area contributed by atoms with Crippen LogP contribution in [0.3, 0.4) is 0 Å². The van der Waals surface area contributed by atoms with Crippen molar-refractivity contribution in [2.75, 3.05) is 12.5 Å². The molecule has 6 heteroatoms. The molecule has 0 radical (unpaired) electrons. The molecule has 1 unspecified atom stereocenters. The molecule has 0 spiro atoms. The Hall–Kier alpha value is -1.50. The van der Waals surface area contributed by atoms with Gasteiger partial charge in [-0.2, -0.15) is 8.42 Å². The molecule has 0 aliphatic carbocycles. The highest BCUT2D eigenvalue weighted by Crippen LogP contribution is 2.61. The van der Waals surface area contributed by atoms with Gasteiger partial charge in [0.05, 0.1) is 6.26 Å². The molecule has 2 rings (SSSR count). The number of hydrogen-bond acceptors (Lipinski definition) is 4. The summed E-state index contributed by atoms with van der Waals surface area (Å²) in [7, 11) is -5.78. The summed E-state index contributed by atoms with van der Waals surface area (Å²) in [4.78, 5) is 1.53. The van der Waals surface area contributed by atoms with Crippen LogP contribution in [0.1, 0.15) is 0 Å². The summed E-state index contributed by atoms with van der Waals surface area (Å²) in [6, 6.07) is 15.6. The summed E-state index contributed by atoms with van der Waals surface area (Å²) in [6.07, 6.45) is 2.82. The van der Waals surface area contributed by atoms with E-state index >= 15 is 0 Å². The fourth-order valence-corrected chi connectivity index (χ4v) is 6.06. The fraction of sp³-hybridized carbons (Fsp3) is 0.143. The van der Waals surface area contributed by atoms with Gasteiger partial charge >= 0.3 is 0 Å². The molecule has 2 aromatic rings. The summed E-state index contributed by atoms with van der Waals surface area (Å²) in [5.74, 6) is 0.128. The third-order valence-electron chi connectivity index (χ3n) is 2.74. The Kier molecular flexibility index (Phi) is 4.08. The Morgan fingerprint density at radius 2 is 1.35 bits per heavy atom. The first-order valence-corrected chi connectivity index (χ1v) is 9.63. The van der Waals surface area contributed by atoms with Crippen molar-refractivity contribution in [1.82, 2.24) is 0 Å². The van der Waals surface area contributed by atoms with Gasteiger partial charge in [0.25, 0.3) is 10.1 Å². The summed E-state index contributed by atoms with van der Waals surface area (Å²) < 4.78 is 28.6. The van der Waals surface area contributed by atoms with Crippen molar-refractivity contribution in [1.29, 1.82) is 0 Å². The molecule has 0 fully saturated rings. The number of rotatable bonds is 4. The molecule has 0 saturated carbocycles. The maximum absolute atomic E-state index is 11.6. The molecule has 0 aliphatic rings. The van der Waals surface area contributed by atoms with Crippen LogP contribution in [-0.2, 0) is 13.7 Å². The van der Waals surface area contributed by atoms with Crippen LogP contribution in [0.5, 0.6) is 5.75 Å². The second-order valence-corrected chi connectivity index (χ2v) is 9.01. The third kappa shape index (κ3) is 3.33. The van der Waals surface area contributed by atoms with Crippen LogP contribution in [0.15, 0.2) is 64.4 Å². The van der Waals surface area contributed by atoms with Crippen LogP contribution in [0.2, 0.25) is 0 Å². The number of aromatic hydroxyl groups is 1. The normalized spacial score (nSPS) is 16.3. The Labute approximate surface area is 120 Å². The van der Waals surface area contributed by atoms with E-state index in [2.05, 4.69) is 0 Å². The quantitative estimate of drug-likeness (QED) is 0.942. The molecular formula is C14H16O4S2. The van der Waals surface area contributed by atoms with Gasteiger partial charge in [-0.15, -0.1) is 0 Å². The van der Waals surface area contributed by atoms with Crippen LogP contribution >= 0.6 is 10.3 Å². The van der Waals surface area contributed by atoms with Crippen molar-refractivity contribution >= 4 is 20.4 Å². The molecule has 20 heavy (non-hydrogen) atoms. The molecule has 0 amide bonds. The van der Waals surface area contributed by atoms with E-state index in [1.807, 2.05) is 30.3 Å². The van der Waals surface area contributed by atoms with Crippen LogP contribution < -0.4 is 0 Å². The molecule has 0 heterocycles. The summed E-state index contributed by atoms with van der Waals surface area (Å²) in [5, 5.41) is 9.38. The van der Waals surface area contributed by atoms with E-state index in [0.717, 1.165) is 16.0 Å². The van der Waals surface area contributed by atoms with E-state index in [9.17, 15) is 13.5 Å². The van der Waals surface area contributed by atoms with Crippen molar-refractivity contribution < 1.29 is 17.2 Å². The van der Waals surface area contributed by atoms with Gasteiger partial charge in [-0.25, -0.2) is 3.63 Å². The number of phenols is 1. The highest BCUT2D eigenvalue weighted by molar-refractivity contribution is 8.32. The van der Waals surface area contributed by atoms with Crippen molar-refractivity contribution in [2.45, 2.75) is 9.79 Å². The smallest absolute Gasteiger partial charge is 0.274 e. The molecule has 2 aromatic carbocycles. The average Bonchev–Trinajstić information content (AvgIpc) is 2.38. The lowest BCUT2D eigenvalue weighted by Gasteiger charge is -2.34. The van der Waals surface area contributed by atoms with E-state index in [0.29, 0.717) is 0 Å². The third-order valence-corrected chi connectivity index (χ3v) is 7.16. The van der Waals surface area contributed by atoms with E-state index in [1.165, 1.54) is 12.1 Å². The minimum Gasteiger partial charge on any atom is -0.508 e. The molecule has 4 nitrogen and oxygen atoms in total. The maximum Gasteiger partial charge on any atom is 0.274 e. The van der Waals surface area contributed by atoms with E-state index in [1.54, 1.807) is 18.4 Å². The first kappa shape index (κ1) is 14.9. The molecule has 0 bridgehead atoms. The summed E-state index contributed by atoms with van der Waals surface area (Å²) in [5.41, 5.74) is 0. The van der Waals surface area contributed by atoms with Crippen molar-refractivity contribution in [3.8, 4) is 5.75 Å². The van der Waals surface area contributed by atoms with Crippen LogP contribution in [0.4, 0.5) is 0 Å². The molecule has 1 atom stereocenters. The van der Waals surface area contributed by atoms with Crippen LogP contribution in [0.25, 0.3) is 0 Å². The molecule has 0 saturated heterocycles. The zero-order valence-corrected chi connectivity index (χ0v) is 12.8. The van der Waals surface area contributed by atoms with E-state index < -0.39 is 20.4 Å². The van der Waals surface area contributed by atoms with Crippen LogP contribution in [-0.4, -0.2) is 26.0 Å². The number of phenolic OH excluding ortho intramolecular Hbond substituents is 1. The Morgan fingerprint density at radius 3 is 1.85 bits per heavy atom. The number of hydrogen-bond donors (Lipinski definition) is 1. The maximum atomic E-state index is 11.6. The van der Waals surface area contributed by atoms with Gasteiger partial charge in [-0.1, -0.05) is 28.5 Å². The van der Waals surface area contributed by atoms with E-state index in [-0.39, 0.29) is 5.75 Å². The SMILES string of the molecule is CS(OS(C)(=O)=O)(c1ccccc1)c1ccc(O)cc1. The largest absolute Gasteiger partial charge is 0.508 e. The molecule has 1 N–H and O–H groups in total. The van der Waals surface area contributed by atoms with Gasteiger partial charge in [0.2, 0.25) is 0 Å². The van der Waals surface area contributed by atoms with Gasteiger partial charge in [-0.3, -0.25) is 0 Å². The average molecular weight is 312 g/mol. The lowest BCUT2D eigenvalue weighted by molar-refractivity contribution is 0.475. The molecular weight excluding hydrogens is 296 g/mol. The van der Waals surface area contributed by atoms with Crippen molar-refractivity contribution in [2.24, 2.45) is 0 Å². The zero-order chi connectivity index (χ0) is 14.8. The Bertz CT molecular complexity index is 681. The summed E-state index contributed by atoms with van der Waals surface area (Å²) in [6.45, 7) is 0. The Morgan fingerprint density at radius 1 is 0.850 bits per heavy atom. The first-order chi connectivity index (χ1) is 9.31. The fourth-order valence-electron chi connectivity index (χ4n) is 1.85. The summed E-state index contributed by atoms with van der Waals surface area (Å²) >= 11 is 0. The molecule has 0 aromatic heterocycles. The monoisotopic (exact) mass is 312 g/mol. The molecule has 0 aliphatic heterocycles. The van der Waals surface area contributed by atoms with Crippen LogP contribution in [0, 0.1) is 0 Å². The van der Waals surface area contributed by atoms with Gasteiger partial charge in [0, 0.05) is 9.79 Å². The minimum atomic E-state index is -3.61. The molecule has 108 valence electrons. The predicted octanol–water partition coefficient (Wildman–Crippen LogP) is 3.14. The second kappa shape index (κ2) is 5.47. The second-order valence-electron chi connectivity index (χ2n) is 4.42. The highest BCUT2D eigenvalue weighted by Gasteiger charge is 2.28. The minimum absolute atomic E-state index is 0.128. The van der Waals surface area contributed by atoms with Crippen molar-refractivity contribution in [3.63, 3.8) is 0 Å². The zero-order valence-electron chi connectivity index (χ0n) is 11.2. The van der Waals surface area contributed by atoms with Gasteiger partial charge < -0.3 is 5.11 Å².